The summed E-state index contributed by atoms with van der Waals surface area (Å²) in [5.74, 6) is 0.116. The fraction of sp³-hybridized carbons (Fsp3) is 0.125. The van der Waals surface area contributed by atoms with Crippen LogP contribution in [0.25, 0.3) is 20.2 Å². The topological polar surface area (TPSA) is 43.4 Å². The molecule has 0 aliphatic rings. The zero-order valence-corrected chi connectivity index (χ0v) is 11.7. The molecule has 4 heteroatoms. The molecule has 0 N–H and O–H groups in total. The molecule has 0 radical (unpaired) electrons. The fourth-order valence-corrected chi connectivity index (χ4v) is 3.10. The standard InChI is InChI=1S/C16H12O3S/c1-2-15(17)19-10-7-8-14-12(9-10)16(18)11-5-3-4-6-13(11)20-14/h3-9H,2H2,1H3. The van der Waals surface area contributed by atoms with Crippen molar-refractivity contribution in [2.45, 2.75) is 13.3 Å². The van der Waals surface area contributed by atoms with Crippen LogP contribution in [0.1, 0.15) is 13.3 Å². The summed E-state index contributed by atoms with van der Waals surface area (Å²) in [6.07, 6.45) is 0.308. The first-order chi connectivity index (χ1) is 9.69. The molecular formula is C16H12O3S. The third-order valence-corrected chi connectivity index (χ3v) is 4.22. The van der Waals surface area contributed by atoms with Gasteiger partial charge < -0.3 is 4.74 Å². The number of esters is 1. The molecule has 0 bridgehead atoms. The molecule has 0 atom stereocenters. The van der Waals surface area contributed by atoms with Gasteiger partial charge in [-0.3, -0.25) is 9.59 Å². The van der Waals surface area contributed by atoms with Gasteiger partial charge in [0.1, 0.15) is 5.75 Å². The largest absolute Gasteiger partial charge is 0.427 e. The number of carbonyl (C=O) groups is 1. The first kappa shape index (κ1) is 12.8. The van der Waals surface area contributed by atoms with Crippen LogP contribution in [0.15, 0.2) is 47.3 Å². The quantitative estimate of drug-likeness (QED) is 0.409. The van der Waals surface area contributed by atoms with E-state index in [1.54, 1.807) is 30.4 Å². The van der Waals surface area contributed by atoms with E-state index in [0.717, 1.165) is 9.40 Å². The summed E-state index contributed by atoms with van der Waals surface area (Å²) < 4.78 is 7.02. The summed E-state index contributed by atoms with van der Waals surface area (Å²) >= 11 is 1.56. The van der Waals surface area contributed by atoms with Gasteiger partial charge in [0, 0.05) is 26.6 Å². The van der Waals surface area contributed by atoms with Gasteiger partial charge in [-0.1, -0.05) is 19.1 Å². The minimum absolute atomic E-state index is 0.0243. The molecule has 1 aromatic heterocycles. The van der Waals surface area contributed by atoms with E-state index >= 15 is 0 Å². The van der Waals surface area contributed by atoms with Gasteiger partial charge in [-0.15, -0.1) is 11.3 Å². The predicted molar refractivity (Wildman–Crippen MR) is 81.5 cm³/mol. The summed E-state index contributed by atoms with van der Waals surface area (Å²) in [4.78, 5) is 23.8. The highest BCUT2D eigenvalue weighted by Crippen LogP contribution is 2.27. The molecular weight excluding hydrogens is 272 g/mol. The average Bonchev–Trinajstić information content (AvgIpc) is 2.48. The fourth-order valence-electron chi connectivity index (χ4n) is 2.05. The minimum atomic E-state index is -0.304. The Morgan fingerprint density at radius 2 is 1.85 bits per heavy atom. The zero-order chi connectivity index (χ0) is 14.1. The lowest BCUT2D eigenvalue weighted by atomic mass is 10.2. The second-order valence-electron chi connectivity index (χ2n) is 4.41. The van der Waals surface area contributed by atoms with Crippen molar-refractivity contribution < 1.29 is 9.53 Å². The average molecular weight is 284 g/mol. The molecule has 3 nitrogen and oxygen atoms in total. The number of rotatable bonds is 2. The molecule has 0 aliphatic heterocycles. The van der Waals surface area contributed by atoms with Crippen molar-refractivity contribution in [3.63, 3.8) is 0 Å². The Bertz CT molecular complexity index is 864. The van der Waals surface area contributed by atoms with Gasteiger partial charge in [0.25, 0.3) is 0 Å². The van der Waals surface area contributed by atoms with Crippen LogP contribution >= 0.6 is 11.3 Å². The Balaban J connectivity index is 2.23. The molecule has 0 fully saturated rings. The van der Waals surface area contributed by atoms with E-state index in [9.17, 15) is 9.59 Å². The Morgan fingerprint density at radius 1 is 1.10 bits per heavy atom. The van der Waals surface area contributed by atoms with Crippen LogP contribution in [0.5, 0.6) is 5.75 Å². The first-order valence-corrected chi connectivity index (χ1v) is 7.17. The van der Waals surface area contributed by atoms with Crippen LogP contribution in [0.2, 0.25) is 0 Å². The molecule has 0 aliphatic carbocycles. The van der Waals surface area contributed by atoms with E-state index in [1.807, 2.05) is 30.3 Å². The number of carbonyl (C=O) groups excluding carboxylic acids is 1. The van der Waals surface area contributed by atoms with E-state index < -0.39 is 0 Å². The molecule has 0 amide bonds. The van der Waals surface area contributed by atoms with Crippen LogP contribution in [-0.2, 0) is 4.79 Å². The SMILES string of the molecule is CCC(=O)Oc1ccc2sc3ccccc3c(=O)c2c1. The van der Waals surface area contributed by atoms with Gasteiger partial charge in [0.15, 0.2) is 5.43 Å². The maximum Gasteiger partial charge on any atom is 0.310 e. The zero-order valence-electron chi connectivity index (χ0n) is 10.9. The van der Waals surface area contributed by atoms with Crippen molar-refractivity contribution in [2.24, 2.45) is 0 Å². The van der Waals surface area contributed by atoms with Crippen molar-refractivity contribution in [1.82, 2.24) is 0 Å². The molecule has 1 heterocycles. The van der Waals surface area contributed by atoms with Crippen LogP contribution in [-0.4, -0.2) is 5.97 Å². The summed E-state index contributed by atoms with van der Waals surface area (Å²) in [5.41, 5.74) is -0.0243. The Labute approximate surface area is 119 Å². The van der Waals surface area contributed by atoms with E-state index in [0.29, 0.717) is 22.9 Å². The normalized spacial score (nSPS) is 10.8. The van der Waals surface area contributed by atoms with E-state index in [2.05, 4.69) is 0 Å². The Hall–Kier alpha value is -2.20. The maximum atomic E-state index is 12.5. The van der Waals surface area contributed by atoms with Gasteiger partial charge in [-0.05, 0) is 30.3 Å². The smallest absolute Gasteiger partial charge is 0.310 e. The lowest BCUT2D eigenvalue weighted by Gasteiger charge is -2.05. The lowest BCUT2D eigenvalue weighted by molar-refractivity contribution is -0.134. The highest BCUT2D eigenvalue weighted by molar-refractivity contribution is 7.24. The second kappa shape index (κ2) is 5.06. The van der Waals surface area contributed by atoms with Gasteiger partial charge in [-0.25, -0.2) is 0 Å². The second-order valence-corrected chi connectivity index (χ2v) is 5.50. The van der Waals surface area contributed by atoms with Crippen LogP contribution in [0.4, 0.5) is 0 Å². The van der Waals surface area contributed by atoms with Gasteiger partial charge in [-0.2, -0.15) is 0 Å². The van der Waals surface area contributed by atoms with Crippen molar-refractivity contribution in [3.8, 4) is 5.75 Å². The molecule has 3 aromatic rings. The highest BCUT2D eigenvalue weighted by Gasteiger charge is 2.08. The summed E-state index contributed by atoms with van der Waals surface area (Å²) in [7, 11) is 0. The molecule has 0 unspecified atom stereocenters. The van der Waals surface area contributed by atoms with Crippen molar-refractivity contribution in [1.29, 1.82) is 0 Å². The van der Waals surface area contributed by atoms with Crippen LogP contribution in [0, 0.1) is 0 Å². The van der Waals surface area contributed by atoms with E-state index in [4.69, 9.17) is 4.74 Å². The predicted octanol–water partition coefficient (Wildman–Crippen LogP) is 3.73. The van der Waals surface area contributed by atoms with Crippen molar-refractivity contribution in [2.75, 3.05) is 0 Å². The summed E-state index contributed by atoms with van der Waals surface area (Å²) in [5, 5.41) is 1.29. The van der Waals surface area contributed by atoms with Gasteiger partial charge in [0.2, 0.25) is 0 Å². The molecule has 100 valence electrons. The number of hydrogen-bond donors (Lipinski definition) is 0. The molecule has 20 heavy (non-hydrogen) atoms. The van der Waals surface area contributed by atoms with E-state index in [1.165, 1.54) is 0 Å². The van der Waals surface area contributed by atoms with E-state index in [-0.39, 0.29) is 11.4 Å². The van der Waals surface area contributed by atoms with Gasteiger partial charge >= 0.3 is 5.97 Å². The molecule has 0 saturated heterocycles. The monoisotopic (exact) mass is 284 g/mol. The first-order valence-electron chi connectivity index (χ1n) is 6.35. The molecule has 3 rings (SSSR count). The Kier molecular flexibility index (Phi) is 3.24. The molecule has 0 saturated carbocycles. The van der Waals surface area contributed by atoms with Gasteiger partial charge in [0.05, 0.1) is 0 Å². The lowest BCUT2D eigenvalue weighted by Crippen LogP contribution is -2.06. The summed E-state index contributed by atoms with van der Waals surface area (Å²) in [6, 6.07) is 12.7. The van der Waals surface area contributed by atoms with Crippen LogP contribution < -0.4 is 10.2 Å². The van der Waals surface area contributed by atoms with Crippen molar-refractivity contribution in [3.05, 3.63) is 52.7 Å². The Morgan fingerprint density at radius 3 is 2.65 bits per heavy atom. The maximum absolute atomic E-state index is 12.5. The van der Waals surface area contributed by atoms with Crippen molar-refractivity contribution >= 4 is 37.5 Å². The number of fused-ring (bicyclic) bond motifs is 2. The number of hydrogen-bond acceptors (Lipinski definition) is 4. The molecule has 0 spiro atoms. The van der Waals surface area contributed by atoms with Crippen LogP contribution in [0.3, 0.4) is 0 Å². The highest BCUT2D eigenvalue weighted by atomic mass is 32.1. The molecule has 2 aromatic carbocycles. The summed E-state index contributed by atoms with van der Waals surface area (Å²) in [6.45, 7) is 1.73. The number of ether oxygens (including phenoxy) is 1. The number of benzene rings is 2. The third-order valence-electron chi connectivity index (χ3n) is 3.07. The third kappa shape index (κ3) is 2.18. The minimum Gasteiger partial charge on any atom is -0.427 e.